The Hall–Kier alpha value is -6.05. The second kappa shape index (κ2) is 41.1. The van der Waals surface area contributed by atoms with E-state index in [4.69, 9.17) is 28.7 Å². The molecule has 1 saturated heterocycles. The Bertz CT molecular complexity index is 2290. The van der Waals surface area contributed by atoms with Gasteiger partial charge in [-0.1, -0.05) is 90.6 Å². The van der Waals surface area contributed by atoms with Gasteiger partial charge in [0.15, 0.2) is 17.3 Å². The van der Waals surface area contributed by atoms with Gasteiger partial charge in [0.2, 0.25) is 41.4 Å². The molecular formula is C61H104N12O12. The molecule has 85 heavy (non-hydrogen) atoms. The zero-order chi connectivity index (χ0) is 63.6. The van der Waals surface area contributed by atoms with Crippen LogP contribution < -0.4 is 65.9 Å². The van der Waals surface area contributed by atoms with Crippen molar-refractivity contribution in [2.75, 3.05) is 39.3 Å². The van der Waals surface area contributed by atoms with Crippen molar-refractivity contribution in [2.45, 2.75) is 206 Å². The highest BCUT2D eigenvalue weighted by Gasteiger charge is 2.37. The van der Waals surface area contributed by atoms with Gasteiger partial charge in [-0.2, -0.15) is 0 Å². The molecule has 18 N–H and O–H groups in total. The summed E-state index contributed by atoms with van der Waals surface area (Å²) in [4.78, 5) is 156. The van der Waals surface area contributed by atoms with Crippen LogP contribution >= 0.6 is 0 Å². The van der Waals surface area contributed by atoms with Crippen molar-refractivity contribution in [3.63, 3.8) is 0 Å². The summed E-state index contributed by atoms with van der Waals surface area (Å²) in [5.41, 5.74) is 30.4. The first-order chi connectivity index (χ1) is 40.4. The Morgan fingerprint density at radius 2 is 1.09 bits per heavy atom. The molecule has 0 radical (unpaired) electrons. The molecule has 1 fully saturated rings. The van der Waals surface area contributed by atoms with Gasteiger partial charge < -0.3 is 71.0 Å². The minimum Gasteiger partial charge on any atom is -0.391 e. The summed E-state index contributed by atoms with van der Waals surface area (Å²) >= 11 is 0. The molecule has 0 bridgehead atoms. The van der Waals surface area contributed by atoms with E-state index in [9.17, 15) is 57.8 Å². The summed E-state index contributed by atoms with van der Waals surface area (Å²) in [6.45, 7) is 10.2. The Balaban J connectivity index is 2.70. The molecule has 0 aliphatic carbocycles. The second-order valence-electron chi connectivity index (χ2n) is 23.7. The van der Waals surface area contributed by atoms with E-state index in [2.05, 4.69) is 44.1 Å². The van der Waals surface area contributed by atoms with E-state index >= 15 is 0 Å². The minimum absolute atomic E-state index is 0.00136. The highest BCUT2D eigenvalue weighted by molar-refractivity contribution is 5.99. The summed E-state index contributed by atoms with van der Waals surface area (Å²) in [5, 5.41) is 30.0. The molecular weight excluding hydrogens is 1090 g/mol. The number of benzene rings is 1. The first-order valence-corrected chi connectivity index (χ1v) is 30.9. The van der Waals surface area contributed by atoms with Gasteiger partial charge in [0.05, 0.1) is 18.2 Å². The van der Waals surface area contributed by atoms with Gasteiger partial charge in [-0.15, -0.1) is 0 Å². The predicted molar refractivity (Wildman–Crippen MR) is 324 cm³/mol. The molecule has 0 unspecified atom stereocenters. The van der Waals surface area contributed by atoms with Crippen LogP contribution in [-0.4, -0.2) is 151 Å². The molecule has 1 aliphatic rings. The fourth-order valence-corrected chi connectivity index (χ4v) is 10.4. The zero-order valence-electron chi connectivity index (χ0n) is 51.4. The van der Waals surface area contributed by atoms with Crippen LogP contribution in [0.5, 0.6) is 0 Å². The van der Waals surface area contributed by atoms with E-state index < -0.39 is 138 Å². The Kier molecular flexibility index (Phi) is 36.3. The third-order valence-corrected chi connectivity index (χ3v) is 15.2. The maximum absolute atomic E-state index is 14.7. The standard InChI is InChI=1S/C61H104N12O12/c1-7-8-9-10-14-17-45(75)33-41(18-24-62)57(81)73-54(39(6)74)53(78)35-43(20-26-64)55(79)70-48-23-29-67-59(83)49(30-37(2)3)71-56(80)42(19-25-63)34-51(76)46(21-27-65)69-61(85)50(31-38(4)5)72-58(82)44(32-40-15-12-11-13-16-40)36-52(77)47(22-28-66)68-60(48)84/h11-13,15-16,37-39,41-44,46-50,54,74H,7-10,14,17-36,62-66H2,1-6H3,(H,67,83)(H,68,84)(H,69,85)(H,70,79)(H,71,80)(H,72,82)(H,73,81)/t39-,41-,42-,43-,44+,46+,47+,48+,49+,50+,54+/m1/s1. The molecule has 1 heterocycles. The van der Waals surface area contributed by atoms with Crippen LogP contribution in [0.4, 0.5) is 0 Å². The van der Waals surface area contributed by atoms with Gasteiger partial charge in [0, 0.05) is 62.3 Å². The number of unbranched alkanes of at least 4 members (excludes halogenated alkanes) is 4. The zero-order valence-corrected chi connectivity index (χ0v) is 51.4. The third kappa shape index (κ3) is 28.3. The average Bonchev–Trinajstić information content (AvgIpc) is 3.66. The minimum atomic E-state index is -1.52. The number of hydrogen-bond donors (Lipinski definition) is 13. The number of aliphatic hydroxyl groups excluding tert-OH is 1. The SMILES string of the molecule is CCCCCCCC(=O)C[C@@H](CCN)C(=O)N[C@H](C(=O)C[C@@H](CCN)C(=O)N[C@H]1CCNC(=O)[C@H](CC(C)C)NC(=O)[C@H](CCN)CC(=O)[C@H](CCN)NC(=O)[C@H](CC(C)C)NC(=O)[C@@H](Cc2ccccc2)CC(=O)[C@H](CCN)NC1=O)[C@@H](C)O. The largest absolute Gasteiger partial charge is 0.391 e. The van der Waals surface area contributed by atoms with E-state index in [0.29, 0.717) is 12.0 Å². The lowest BCUT2D eigenvalue weighted by Crippen LogP contribution is -2.55. The maximum Gasteiger partial charge on any atom is 0.243 e. The predicted octanol–water partition coefficient (Wildman–Crippen LogP) is 0.537. The number of nitrogens with two attached hydrogens (primary N) is 5. The summed E-state index contributed by atoms with van der Waals surface area (Å²) in [6, 6.07) is 0.955. The highest BCUT2D eigenvalue weighted by Crippen LogP contribution is 2.21. The van der Waals surface area contributed by atoms with E-state index in [0.717, 1.165) is 25.7 Å². The van der Waals surface area contributed by atoms with Gasteiger partial charge >= 0.3 is 0 Å². The van der Waals surface area contributed by atoms with Crippen molar-refractivity contribution in [1.82, 2.24) is 37.2 Å². The molecule has 480 valence electrons. The molecule has 0 spiro atoms. The lowest BCUT2D eigenvalue weighted by atomic mass is 9.89. The smallest absolute Gasteiger partial charge is 0.243 e. The molecule has 0 saturated carbocycles. The fourth-order valence-electron chi connectivity index (χ4n) is 10.4. The van der Waals surface area contributed by atoms with E-state index in [1.165, 1.54) is 6.92 Å². The van der Waals surface area contributed by atoms with Crippen LogP contribution in [-0.2, 0) is 59.2 Å². The van der Waals surface area contributed by atoms with E-state index in [1.807, 2.05) is 27.7 Å². The number of aliphatic hydroxyl groups is 1. The number of hydrogen-bond acceptors (Lipinski definition) is 17. The van der Waals surface area contributed by atoms with Crippen LogP contribution in [0.2, 0.25) is 0 Å². The normalized spacial score (nSPS) is 22.5. The molecule has 11 atom stereocenters. The van der Waals surface area contributed by atoms with Gasteiger partial charge in [-0.25, -0.2) is 0 Å². The molecule has 1 aromatic rings. The topological polar surface area (TPSA) is 422 Å². The molecule has 1 aliphatic heterocycles. The lowest BCUT2D eigenvalue weighted by Gasteiger charge is -2.28. The van der Waals surface area contributed by atoms with Crippen LogP contribution in [0.1, 0.15) is 163 Å². The number of Topliss-reactive ketones (excluding diaryl/α,β-unsaturated/α-hetero) is 4. The van der Waals surface area contributed by atoms with Gasteiger partial charge in [-0.3, -0.25) is 52.7 Å². The molecule has 24 heteroatoms. The summed E-state index contributed by atoms with van der Waals surface area (Å²) < 4.78 is 0. The highest BCUT2D eigenvalue weighted by atomic mass is 16.3. The monoisotopic (exact) mass is 1200 g/mol. The number of nitrogens with one attached hydrogen (secondary N) is 7. The molecule has 24 nitrogen and oxygen atoms in total. The van der Waals surface area contributed by atoms with Gasteiger partial charge in [0.25, 0.3) is 0 Å². The van der Waals surface area contributed by atoms with Gasteiger partial charge in [-0.05, 0) is 121 Å². The van der Waals surface area contributed by atoms with Crippen LogP contribution in [0, 0.1) is 35.5 Å². The number of ketones is 4. The van der Waals surface area contributed by atoms with Crippen LogP contribution in [0.25, 0.3) is 0 Å². The van der Waals surface area contributed by atoms with Crippen molar-refractivity contribution < 1.29 is 57.8 Å². The average molecular weight is 1200 g/mol. The summed E-state index contributed by atoms with van der Waals surface area (Å²) in [6.07, 6.45) is 1.89. The van der Waals surface area contributed by atoms with Crippen molar-refractivity contribution in [3.8, 4) is 0 Å². The van der Waals surface area contributed by atoms with Gasteiger partial charge in [0.1, 0.15) is 30.0 Å². The van der Waals surface area contributed by atoms with Crippen molar-refractivity contribution >= 4 is 64.5 Å². The third-order valence-electron chi connectivity index (χ3n) is 15.2. The summed E-state index contributed by atoms with van der Waals surface area (Å²) in [5.74, 6) is -11.7. The molecule has 7 amide bonds. The Morgan fingerprint density at radius 1 is 0.588 bits per heavy atom. The first kappa shape index (κ1) is 75.0. The lowest BCUT2D eigenvalue weighted by molar-refractivity contribution is -0.137. The Labute approximate surface area is 503 Å². The van der Waals surface area contributed by atoms with Crippen LogP contribution in [0.3, 0.4) is 0 Å². The molecule has 1 aromatic carbocycles. The van der Waals surface area contributed by atoms with E-state index in [1.54, 1.807) is 30.3 Å². The number of rotatable bonds is 32. The number of amides is 7. The van der Waals surface area contributed by atoms with Crippen LogP contribution in [0.15, 0.2) is 30.3 Å². The number of carbonyl (C=O) groups excluding carboxylic acids is 11. The second-order valence-corrected chi connectivity index (χ2v) is 23.7. The maximum atomic E-state index is 14.7. The fraction of sp³-hybridized carbons (Fsp3) is 0.721. The first-order valence-electron chi connectivity index (χ1n) is 30.9. The quantitative estimate of drug-likeness (QED) is 0.0438. The molecule has 2 rings (SSSR count). The Morgan fingerprint density at radius 3 is 1.62 bits per heavy atom. The molecule has 0 aromatic heterocycles. The summed E-state index contributed by atoms with van der Waals surface area (Å²) in [7, 11) is 0. The van der Waals surface area contributed by atoms with Crippen molar-refractivity contribution in [2.24, 2.45) is 64.2 Å². The van der Waals surface area contributed by atoms with Crippen molar-refractivity contribution in [1.29, 1.82) is 0 Å². The number of carbonyl (C=O) groups is 11. The van der Waals surface area contributed by atoms with E-state index in [-0.39, 0.29) is 134 Å². The van der Waals surface area contributed by atoms with Crippen molar-refractivity contribution in [3.05, 3.63) is 35.9 Å².